The SMILES string of the molecule is CC(C)c1nccc(C[C@@H]2[C@@H](CO)[C@H](O)C[C@H]2N)n1. The largest absolute Gasteiger partial charge is 0.396 e. The number of aliphatic hydroxyl groups excluding tert-OH is 2. The summed E-state index contributed by atoms with van der Waals surface area (Å²) >= 11 is 0. The Morgan fingerprint density at radius 1 is 1.42 bits per heavy atom. The van der Waals surface area contributed by atoms with Gasteiger partial charge in [-0.2, -0.15) is 0 Å². The Morgan fingerprint density at radius 3 is 2.79 bits per heavy atom. The van der Waals surface area contributed by atoms with Gasteiger partial charge in [-0.15, -0.1) is 0 Å². The second kappa shape index (κ2) is 5.94. The second-order valence-corrected chi connectivity index (χ2v) is 5.74. The summed E-state index contributed by atoms with van der Waals surface area (Å²) < 4.78 is 0. The number of hydrogen-bond acceptors (Lipinski definition) is 5. The third-order valence-corrected chi connectivity index (χ3v) is 4.01. The van der Waals surface area contributed by atoms with Crippen molar-refractivity contribution in [1.82, 2.24) is 9.97 Å². The van der Waals surface area contributed by atoms with Crippen LogP contribution in [0.15, 0.2) is 12.3 Å². The lowest BCUT2D eigenvalue weighted by Crippen LogP contribution is -2.31. The highest BCUT2D eigenvalue weighted by Gasteiger charge is 2.40. The number of nitrogens with zero attached hydrogens (tertiary/aromatic N) is 2. The molecule has 0 bridgehead atoms. The fourth-order valence-electron chi connectivity index (χ4n) is 2.84. The molecule has 1 aromatic heterocycles. The zero-order valence-corrected chi connectivity index (χ0v) is 11.5. The number of aliphatic hydroxyl groups is 2. The minimum absolute atomic E-state index is 0.0261. The van der Waals surface area contributed by atoms with Gasteiger partial charge in [0.1, 0.15) is 5.82 Å². The van der Waals surface area contributed by atoms with E-state index in [9.17, 15) is 10.2 Å². The van der Waals surface area contributed by atoms with E-state index >= 15 is 0 Å². The maximum absolute atomic E-state index is 9.88. The minimum atomic E-state index is -0.503. The zero-order chi connectivity index (χ0) is 14.0. The van der Waals surface area contributed by atoms with E-state index in [0.29, 0.717) is 12.8 Å². The van der Waals surface area contributed by atoms with Gasteiger partial charge < -0.3 is 15.9 Å². The van der Waals surface area contributed by atoms with Crippen molar-refractivity contribution in [3.63, 3.8) is 0 Å². The molecule has 4 atom stereocenters. The van der Waals surface area contributed by atoms with Crippen molar-refractivity contribution >= 4 is 0 Å². The summed E-state index contributed by atoms with van der Waals surface area (Å²) in [6.45, 7) is 4.09. The predicted molar refractivity (Wildman–Crippen MR) is 72.5 cm³/mol. The van der Waals surface area contributed by atoms with E-state index in [4.69, 9.17) is 5.73 Å². The molecule has 0 aromatic carbocycles. The molecule has 4 N–H and O–H groups in total. The molecule has 0 saturated heterocycles. The van der Waals surface area contributed by atoms with E-state index in [0.717, 1.165) is 11.5 Å². The lowest BCUT2D eigenvalue weighted by Gasteiger charge is -2.22. The second-order valence-electron chi connectivity index (χ2n) is 5.74. The van der Waals surface area contributed by atoms with Crippen molar-refractivity contribution in [2.75, 3.05) is 6.61 Å². The van der Waals surface area contributed by atoms with Crippen molar-refractivity contribution in [3.8, 4) is 0 Å². The van der Waals surface area contributed by atoms with Gasteiger partial charge in [-0.25, -0.2) is 9.97 Å². The fourth-order valence-corrected chi connectivity index (χ4v) is 2.84. The molecule has 1 aliphatic rings. The topological polar surface area (TPSA) is 92.3 Å². The molecule has 5 nitrogen and oxygen atoms in total. The van der Waals surface area contributed by atoms with Crippen LogP contribution in [0.3, 0.4) is 0 Å². The Balaban J connectivity index is 2.13. The van der Waals surface area contributed by atoms with E-state index < -0.39 is 6.10 Å². The average molecular weight is 265 g/mol. The summed E-state index contributed by atoms with van der Waals surface area (Å²) in [4.78, 5) is 8.78. The van der Waals surface area contributed by atoms with Crippen LogP contribution in [-0.4, -0.2) is 38.9 Å². The molecular formula is C14H23N3O2. The first-order valence-corrected chi connectivity index (χ1v) is 6.89. The summed E-state index contributed by atoms with van der Waals surface area (Å²) in [5, 5.41) is 19.3. The monoisotopic (exact) mass is 265 g/mol. The van der Waals surface area contributed by atoms with Crippen LogP contribution in [0.4, 0.5) is 0 Å². The van der Waals surface area contributed by atoms with Gasteiger partial charge in [0.15, 0.2) is 0 Å². The van der Waals surface area contributed by atoms with Gasteiger partial charge in [0.25, 0.3) is 0 Å². The van der Waals surface area contributed by atoms with Gasteiger partial charge in [0.2, 0.25) is 0 Å². The Hall–Kier alpha value is -1.04. The first-order valence-electron chi connectivity index (χ1n) is 6.89. The van der Waals surface area contributed by atoms with Crippen LogP contribution in [0.1, 0.15) is 37.7 Å². The van der Waals surface area contributed by atoms with Crippen molar-refractivity contribution in [3.05, 3.63) is 23.8 Å². The van der Waals surface area contributed by atoms with E-state index in [-0.39, 0.29) is 30.4 Å². The molecule has 0 amide bonds. The Labute approximate surface area is 113 Å². The van der Waals surface area contributed by atoms with Gasteiger partial charge >= 0.3 is 0 Å². The predicted octanol–water partition coefficient (Wildman–Crippen LogP) is 0.459. The lowest BCUT2D eigenvalue weighted by molar-refractivity contribution is 0.0718. The summed E-state index contributed by atoms with van der Waals surface area (Å²) in [5.74, 6) is 1.05. The van der Waals surface area contributed by atoms with Gasteiger partial charge in [-0.3, -0.25) is 0 Å². The smallest absolute Gasteiger partial charge is 0.131 e. The molecule has 1 heterocycles. The van der Waals surface area contributed by atoms with Crippen LogP contribution in [0.5, 0.6) is 0 Å². The highest BCUT2D eigenvalue weighted by molar-refractivity contribution is 5.08. The van der Waals surface area contributed by atoms with Gasteiger partial charge in [0, 0.05) is 36.4 Å². The van der Waals surface area contributed by atoms with Gasteiger partial charge in [-0.05, 0) is 24.8 Å². The molecule has 1 aromatic rings. The molecule has 5 heteroatoms. The summed E-state index contributed by atoms with van der Waals surface area (Å²) in [6.07, 6.45) is 2.50. The third kappa shape index (κ3) is 3.11. The number of aromatic nitrogens is 2. The maximum atomic E-state index is 9.88. The van der Waals surface area contributed by atoms with Crippen molar-refractivity contribution in [1.29, 1.82) is 0 Å². The van der Waals surface area contributed by atoms with E-state index in [1.54, 1.807) is 6.20 Å². The molecular weight excluding hydrogens is 242 g/mol. The van der Waals surface area contributed by atoms with Crippen molar-refractivity contribution in [2.45, 2.75) is 44.8 Å². The molecule has 0 aliphatic heterocycles. The van der Waals surface area contributed by atoms with Crippen molar-refractivity contribution in [2.24, 2.45) is 17.6 Å². The first-order chi connectivity index (χ1) is 9.02. The van der Waals surface area contributed by atoms with Crippen LogP contribution < -0.4 is 5.73 Å². The van der Waals surface area contributed by atoms with Crippen LogP contribution in [0.25, 0.3) is 0 Å². The Morgan fingerprint density at radius 2 is 2.16 bits per heavy atom. The normalized spacial score (nSPS) is 31.1. The van der Waals surface area contributed by atoms with Crippen LogP contribution in [-0.2, 0) is 6.42 Å². The molecule has 106 valence electrons. The number of nitrogens with two attached hydrogens (primary N) is 1. The number of hydrogen-bond donors (Lipinski definition) is 3. The van der Waals surface area contributed by atoms with E-state index in [1.165, 1.54) is 0 Å². The highest BCUT2D eigenvalue weighted by Crippen LogP contribution is 2.33. The Bertz CT molecular complexity index is 425. The fraction of sp³-hybridized carbons (Fsp3) is 0.714. The molecule has 0 radical (unpaired) electrons. The van der Waals surface area contributed by atoms with Crippen LogP contribution >= 0.6 is 0 Å². The molecule has 0 spiro atoms. The quantitative estimate of drug-likeness (QED) is 0.735. The van der Waals surface area contributed by atoms with E-state index in [1.807, 2.05) is 6.07 Å². The lowest BCUT2D eigenvalue weighted by atomic mass is 9.89. The molecule has 0 unspecified atom stereocenters. The Kier molecular flexibility index (Phi) is 4.50. The van der Waals surface area contributed by atoms with E-state index in [2.05, 4.69) is 23.8 Å². The standard InChI is InChI=1S/C14H23N3O2/c1-8(2)14-16-4-3-9(17-14)5-10-11(7-18)13(19)6-12(10)15/h3-4,8,10-13,18-19H,5-7,15H2,1-2H3/t10-,11-,12-,13-/m1/s1. The summed E-state index contributed by atoms with van der Waals surface area (Å²) in [7, 11) is 0. The van der Waals surface area contributed by atoms with Crippen LogP contribution in [0, 0.1) is 11.8 Å². The molecule has 1 fully saturated rings. The first kappa shape index (κ1) is 14.4. The molecule has 1 saturated carbocycles. The maximum Gasteiger partial charge on any atom is 0.131 e. The molecule has 2 rings (SSSR count). The highest BCUT2D eigenvalue weighted by atomic mass is 16.3. The summed E-state index contributed by atoms with van der Waals surface area (Å²) in [5.41, 5.74) is 7.00. The van der Waals surface area contributed by atoms with Gasteiger partial charge in [0.05, 0.1) is 6.10 Å². The average Bonchev–Trinajstić information content (AvgIpc) is 2.64. The zero-order valence-electron chi connectivity index (χ0n) is 11.5. The van der Waals surface area contributed by atoms with Gasteiger partial charge in [-0.1, -0.05) is 13.8 Å². The number of rotatable bonds is 4. The minimum Gasteiger partial charge on any atom is -0.396 e. The summed E-state index contributed by atoms with van der Waals surface area (Å²) in [6, 6.07) is 1.81. The molecule has 19 heavy (non-hydrogen) atoms. The molecule has 1 aliphatic carbocycles. The third-order valence-electron chi connectivity index (χ3n) is 4.01. The van der Waals surface area contributed by atoms with Crippen LogP contribution in [0.2, 0.25) is 0 Å². The van der Waals surface area contributed by atoms with Crippen molar-refractivity contribution < 1.29 is 10.2 Å².